The predicted molar refractivity (Wildman–Crippen MR) is 88.3 cm³/mol. The predicted octanol–water partition coefficient (Wildman–Crippen LogP) is 2.00. The molecule has 5 nitrogen and oxygen atoms in total. The number of fused-ring (bicyclic) bond motifs is 1. The first-order valence-corrected chi connectivity index (χ1v) is 8.11. The van der Waals surface area contributed by atoms with Gasteiger partial charge in [0.25, 0.3) is 0 Å². The maximum atomic E-state index is 12.8. The van der Waals surface area contributed by atoms with Gasteiger partial charge in [-0.15, -0.1) is 0 Å². The van der Waals surface area contributed by atoms with Gasteiger partial charge in [-0.3, -0.25) is 4.79 Å². The van der Waals surface area contributed by atoms with Crippen LogP contribution in [0.1, 0.15) is 24.8 Å². The van der Waals surface area contributed by atoms with Crippen molar-refractivity contribution in [2.45, 2.75) is 25.7 Å². The average Bonchev–Trinajstić information content (AvgIpc) is 2.56. The molecule has 3 rings (SSSR count). The molecule has 2 aliphatic heterocycles. The maximum absolute atomic E-state index is 12.8. The molecule has 1 fully saturated rings. The lowest BCUT2D eigenvalue weighted by Gasteiger charge is -2.35. The van der Waals surface area contributed by atoms with Crippen molar-refractivity contribution in [1.82, 2.24) is 5.32 Å². The fraction of sp³-hybridized carbons (Fsp3) is 0.588. The fourth-order valence-electron chi connectivity index (χ4n) is 3.43. The van der Waals surface area contributed by atoms with Crippen LogP contribution in [0.3, 0.4) is 0 Å². The molecule has 0 radical (unpaired) electrons. The van der Waals surface area contributed by atoms with Crippen LogP contribution in [-0.4, -0.2) is 39.3 Å². The molecule has 0 aromatic heterocycles. The number of ether oxygens (including phenoxy) is 1. The Bertz CT molecular complexity index is 533. The Hall–Kier alpha value is -1.59. The zero-order chi connectivity index (χ0) is 15.4. The van der Waals surface area contributed by atoms with E-state index in [2.05, 4.69) is 28.1 Å². The van der Waals surface area contributed by atoms with E-state index in [-0.39, 0.29) is 5.91 Å². The molecular formula is C17H25N3O2. The number of hydrogen-bond acceptors (Lipinski definition) is 4. The van der Waals surface area contributed by atoms with E-state index in [0.29, 0.717) is 6.61 Å². The molecule has 0 atom stereocenters. The van der Waals surface area contributed by atoms with Gasteiger partial charge in [0.05, 0.1) is 12.0 Å². The molecule has 2 aliphatic rings. The average molecular weight is 303 g/mol. The standard InChI is InChI=1S/C17H25N3O2/c1-22-12-17(6-9-18-10-7-17)16(21)20-14-4-5-15-13(11-14)3-2-8-19-15/h4-5,11,18-19H,2-3,6-10,12H2,1H3,(H,20,21). The van der Waals surface area contributed by atoms with Gasteiger partial charge in [0.1, 0.15) is 0 Å². The van der Waals surface area contributed by atoms with Gasteiger partial charge in [0, 0.05) is 25.0 Å². The molecular weight excluding hydrogens is 278 g/mol. The van der Waals surface area contributed by atoms with Crippen molar-refractivity contribution in [1.29, 1.82) is 0 Å². The summed E-state index contributed by atoms with van der Waals surface area (Å²) in [5.41, 5.74) is 2.96. The summed E-state index contributed by atoms with van der Waals surface area (Å²) in [5.74, 6) is 0.0829. The number of carbonyl (C=O) groups is 1. The molecule has 1 aromatic rings. The third kappa shape index (κ3) is 3.10. The van der Waals surface area contributed by atoms with E-state index in [1.165, 1.54) is 11.3 Å². The smallest absolute Gasteiger partial charge is 0.233 e. The third-order valence-electron chi connectivity index (χ3n) is 4.76. The van der Waals surface area contributed by atoms with Gasteiger partial charge < -0.3 is 20.7 Å². The Morgan fingerprint density at radius 1 is 1.32 bits per heavy atom. The highest BCUT2D eigenvalue weighted by atomic mass is 16.5. The lowest BCUT2D eigenvalue weighted by Crippen LogP contribution is -2.47. The van der Waals surface area contributed by atoms with E-state index in [4.69, 9.17) is 4.74 Å². The van der Waals surface area contributed by atoms with Gasteiger partial charge in [-0.25, -0.2) is 0 Å². The van der Waals surface area contributed by atoms with Crippen LogP contribution in [0.25, 0.3) is 0 Å². The summed E-state index contributed by atoms with van der Waals surface area (Å²) < 4.78 is 5.34. The van der Waals surface area contributed by atoms with E-state index in [0.717, 1.165) is 51.0 Å². The quantitative estimate of drug-likeness (QED) is 0.796. The molecule has 0 bridgehead atoms. The lowest BCUT2D eigenvalue weighted by molar-refractivity contribution is -0.130. The first-order valence-electron chi connectivity index (χ1n) is 8.11. The number of hydrogen-bond donors (Lipinski definition) is 3. The number of nitrogens with one attached hydrogen (secondary N) is 3. The molecule has 0 spiro atoms. The number of piperidine rings is 1. The van der Waals surface area contributed by atoms with E-state index in [1.54, 1.807) is 7.11 Å². The Balaban J connectivity index is 1.74. The summed E-state index contributed by atoms with van der Waals surface area (Å²) in [4.78, 5) is 12.8. The van der Waals surface area contributed by atoms with Crippen LogP contribution in [0.15, 0.2) is 18.2 Å². The van der Waals surface area contributed by atoms with Crippen LogP contribution < -0.4 is 16.0 Å². The molecule has 22 heavy (non-hydrogen) atoms. The minimum absolute atomic E-state index is 0.0829. The number of aryl methyl sites for hydroxylation is 1. The summed E-state index contributed by atoms with van der Waals surface area (Å²) in [6.07, 6.45) is 3.85. The topological polar surface area (TPSA) is 62.4 Å². The Kier molecular flexibility index (Phi) is 4.64. The number of amides is 1. The molecule has 120 valence electrons. The minimum atomic E-state index is -0.409. The van der Waals surface area contributed by atoms with Crippen molar-refractivity contribution in [3.8, 4) is 0 Å². The van der Waals surface area contributed by atoms with Crippen molar-refractivity contribution >= 4 is 17.3 Å². The van der Waals surface area contributed by atoms with Crippen LogP contribution in [0, 0.1) is 5.41 Å². The summed E-state index contributed by atoms with van der Waals surface area (Å²) >= 11 is 0. The van der Waals surface area contributed by atoms with Crippen LogP contribution in [0.4, 0.5) is 11.4 Å². The van der Waals surface area contributed by atoms with Gasteiger partial charge in [-0.2, -0.15) is 0 Å². The number of rotatable bonds is 4. The summed E-state index contributed by atoms with van der Waals surface area (Å²) in [6.45, 7) is 3.24. The first-order chi connectivity index (χ1) is 10.7. The number of carbonyl (C=O) groups excluding carboxylic acids is 1. The Morgan fingerprint density at radius 2 is 2.14 bits per heavy atom. The third-order valence-corrected chi connectivity index (χ3v) is 4.76. The molecule has 1 aromatic carbocycles. The normalized spacial score (nSPS) is 19.9. The molecule has 0 saturated carbocycles. The van der Waals surface area contributed by atoms with Crippen molar-refractivity contribution in [2.75, 3.05) is 44.0 Å². The first kappa shape index (κ1) is 15.3. The Morgan fingerprint density at radius 3 is 2.91 bits per heavy atom. The lowest BCUT2D eigenvalue weighted by atomic mass is 9.78. The molecule has 5 heteroatoms. The highest BCUT2D eigenvalue weighted by Crippen LogP contribution is 2.32. The van der Waals surface area contributed by atoms with Crippen molar-refractivity contribution < 1.29 is 9.53 Å². The minimum Gasteiger partial charge on any atom is -0.385 e. The van der Waals surface area contributed by atoms with Gasteiger partial charge >= 0.3 is 0 Å². The zero-order valence-corrected chi connectivity index (χ0v) is 13.2. The maximum Gasteiger partial charge on any atom is 0.233 e. The van der Waals surface area contributed by atoms with E-state index >= 15 is 0 Å². The number of anilines is 2. The van der Waals surface area contributed by atoms with Crippen molar-refractivity contribution in [2.24, 2.45) is 5.41 Å². The van der Waals surface area contributed by atoms with E-state index < -0.39 is 5.41 Å². The second-order valence-corrected chi connectivity index (χ2v) is 6.32. The molecule has 0 unspecified atom stereocenters. The molecule has 1 amide bonds. The van der Waals surface area contributed by atoms with Crippen LogP contribution in [0.5, 0.6) is 0 Å². The van der Waals surface area contributed by atoms with Crippen LogP contribution in [-0.2, 0) is 16.0 Å². The van der Waals surface area contributed by atoms with Crippen LogP contribution in [0.2, 0.25) is 0 Å². The number of benzene rings is 1. The van der Waals surface area contributed by atoms with E-state index in [1.807, 2.05) is 6.07 Å². The summed E-state index contributed by atoms with van der Waals surface area (Å²) in [6, 6.07) is 6.15. The molecule has 3 N–H and O–H groups in total. The van der Waals surface area contributed by atoms with Gasteiger partial charge in [0.2, 0.25) is 5.91 Å². The molecule has 2 heterocycles. The monoisotopic (exact) mass is 303 g/mol. The molecule has 1 saturated heterocycles. The number of methoxy groups -OCH3 is 1. The van der Waals surface area contributed by atoms with Gasteiger partial charge in [0.15, 0.2) is 0 Å². The van der Waals surface area contributed by atoms with Crippen LogP contribution >= 0.6 is 0 Å². The van der Waals surface area contributed by atoms with Gasteiger partial charge in [-0.1, -0.05) is 0 Å². The second kappa shape index (κ2) is 6.67. The van der Waals surface area contributed by atoms with Crippen molar-refractivity contribution in [3.63, 3.8) is 0 Å². The van der Waals surface area contributed by atoms with Gasteiger partial charge in [-0.05, 0) is 62.5 Å². The zero-order valence-electron chi connectivity index (χ0n) is 13.2. The fourth-order valence-corrected chi connectivity index (χ4v) is 3.43. The summed E-state index contributed by atoms with van der Waals surface area (Å²) in [5, 5.41) is 9.82. The largest absolute Gasteiger partial charge is 0.385 e. The highest BCUT2D eigenvalue weighted by molar-refractivity contribution is 5.96. The second-order valence-electron chi connectivity index (χ2n) is 6.32. The SMILES string of the molecule is COCC1(C(=O)Nc2ccc3c(c2)CCCN3)CCNCC1. The van der Waals surface area contributed by atoms with Crippen molar-refractivity contribution in [3.05, 3.63) is 23.8 Å². The molecule has 0 aliphatic carbocycles. The Labute approximate surface area is 131 Å². The summed E-state index contributed by atoms with van der Waals surface area (Å²) in [7, 11) is 1.67. The highest BCUT2D eigenvalue weighted by Gasteiger charge is 2.39. The van der Waals surface area contributed by atoms with E-state index in [9.17, 15) is 4.79 Å².